The summed E-state index contributed by atoms with van der Waals surface area (Å²) in [6, 6.07) is 8.01. The Morgan fingerprint density at radius 3 is 3.00 bits per heavy atom. The van der Waals surface area contributed by atoms with Crippen molar-refractivity contribution in [2.45, 2.75) is 6.92 Å². The largest absolute Gasteiger partial charge is 0.431 e. The summed E-state index contributed by atoms with van der Waals surface area (Å²) in [5.74, 6) is 1.10. The van der Waals surface area contributed by atoms with Gasteiger partial charge in [-0.2, -0.15) is 4.39 Å². The molecule has 0 saturated heterocycles. The number of furan rings is 1. The average Bonchev–Trinajstić information content (AvgIpc) is 2.99. The van der Waals surface area contributed by atoms with Gasteiger partial charge in [0.15, 0.2) is 0 Å². The van der Waals surface area contributed by atoms with Crippen molar-refractivity contribution in [2.75, 3.05) is 5.73 Å². The van der Waals surface area contributed by atoms with Gasteiger partial charge in [0.1, 0.15) is 11.4 Å². The Hall–Kier alpha value is -2.89. The van der Waals surface area contributed by atoms with E-state index in [1.165, 1.54) is 6.07 Å². The van der Waals surface area contributed by atoms with Crippen LogP contribution in [0.4, 0.5) is 10.3 Å². The second kappa shape index (κ2) is 4.05. The van der Waals surface area contributed by atoms with E-state index in [0.29, 0.717) is 16.9 Å². The van der Waals surface area contributed by atoms with Gasteiger partial charge in [-0.25, -0.2) is 9.97 Å². The first kappa shape index (κ1) is 11.9. The van der Waals surface area contributed by atoms with Crippen LogP contribution in [0.2, 0.25) is 0 Å². The lowest BCUT2D eigenvalue weighted by molar-refractivity contribution is 0.381. The summed E-state index contributed by atoms with van der Waals surface area (Å²) in [6.45, 7) is 1.85. The van der Waals surface area contributed by atoms with Gasteiger partial charge in [0, 0.05) is 23.2 Å². The summed E-state index contributed by atoms with van der Waals surface area (Å²) in [6.07, 6.45) is 1.63. The van der Waals surface area contributed by atoms with Crippen molar-refractivity contribution < 1.29 is 8.81 Å². The number of halogens is 1. The van der Waals surface area contributed by atoms with E-state index in [0.717, 1.165) is 22.6 Å². The number of hydrogen-bond donors (Lipinski definition) is 1. The van der Waals surface area contributed by atoms with E-state index in [1.54, 1.807) is 16.7 Å². The van der Waals surface area contributed by atoms with Crippen LogP contribution >= 0.6 is 0 Å². The number of rotatable bonds is 1. The third-order valence-electron chi connectivity index (χ3n) is 3.54. The van der Waals surface area contributed by atoms with Crippen molar-refractivity contribution in [3.63, 3.8) is 0 Å². The van der Waals surface area contributed by atoms with E-state index in [1.807, 2.05) is 25.1 Å². The smallest absolute Gasteiger partial charge is 0.278 e. The van der Waals surface area contributed by atoms with Crippen LogP contribution in [0.3, 0.4) is 0 Å². The molecule has 0 spiro atoms. The highest BCUT2D eigenvalue weighted by atomic mass is 19.1. The van der Waals surface area contributed by atoms with E-state index in [4.69, 9.17) is 10.2 Å². The molecule has 3 heterocycles. The molecule has 4 rings (SSSR count). The first-order chi connectivity index (χ1) is 10.1. The highest BCUT2D eigenvalue weighted by Gasteiger charge is 2.16. The van der Waals surface area contributed by atoms with E-state index >= 15 is 0 Å². The second-order valence-electron chi connectivity index (χ2n) is 4.80. The number of imidazole rings is 1. The number of nitrogens with zero attached hydrogens (tertiary/aromatic N) is 3. The lowest BCUT2D eigenvalue weighted by Gasteiger charge is -2.02. The van der Waals surface area contributed by atoms with Gasteiger partial charge >= 0.3 is 0 Å². The minimum Gasteiger partial charge on any atom is -0.431 e. The molecule has 0 aliphatic rings. The van der Waals surface area contributed by atoms with Gasteiger partial charge in [-0.05, 0) is 19.1 Å². The predicted molar refractivity (Wildman–Crippen MR) is 77.3 cm³/mol. The molecular weight excluding hydrogens is 271 g/mol. The maximum absolute atomic E-state index is 13.4. The first-order valence-electron chi connectivity index (χ1n) is 6.43. The molecule has 0 unspecified atom stereocenters. The lowest BCUT2D eigenvalue weighted by atomic mass is 10.1. The van der Waals surface area contributed by atoms with Crippen LogP contribution in [0.15, 0.2) is 40.9 Å². The molecule has 3 aromatic heterocycles. The number of anilines is 1. The Kier molecular flexibility index (Phi) is 2.29. The van der Waals surface area contributed by atoms with Crippen molar-refractivity contribution in [3.05, 3.63) is 48.4 Å². The number of fused-ring (bicyclic) bond motifs is 2. The second-order valence-corrected chi connectivity index (χ2v) is 4.80. The van der Waals surface area contributed by atoms with Crippen LogP contribution < -0.4 is 5.73 Å². The van der Waals surface area contributed by atoms with Gasteiger partial charge in [-0.1, -0.05) is 12.1 Å². The fourth-order valence-electron chi connectivity index (χ4n) is 2.67. The minimum atomic E-state index is -0.612. The van der Waals surface area contributed by atoms with Crippen molar-refractivity contribution >= 4 is 22.4 Å². The van der Waals surface area contributed by atoms with Crippen LogP contribution in [0, 0.1) is 12.9 Å². The summed E-state index contributed by atoms with van der Waals surface area (Å²) in [5.41, 5.74) is 8.75. The summed E-state index contributed by atoms with van der Waals surface area (Å²) < 4.78 is 20.2. The number of benzene rings is 1. The topological polar surface area (TPSA) is 69.3 Å². The third-order valence-corrected chi connectivity index (χ3v) is 3.54. The molecule has 104 valence electrons. The normalized spacial score (nSPS) is 11.5. The number of nitrogen functional groups attached to an aromatic ring is 1. The Morgan fingerprint density at radius 1 is 1.29 bits per heavy atom. The molecule has 6 heteroatoms. The quantitative estimate of drug-likeness (QED) is 0.582. The SMILES string of the molecule is Cc1nc(-c2cccc3oc(F)cc23)c2ccnc(N)n12. The number of hydrogen-bond acceptors (Lipinski definition) is 4. The zero-order chi connectivity index (χ0) is 14.6. The van der Waals surface area contributed by atoms with Crippen LogP contribution in [0.5, 0.6) is 0 Å². The third kappa shape index (κ3) is 1.62. The molecule has 4 aromatic rings. The fraction of sp³-hybridized carbons (Fsp3) is 0.0667. The number of aryl methyl sites for hydroxylation is 1. The van der Waals surface area contributed by atoms with E-state index in [2.05, 4.69) is 9.97 Å². The molecule has 0 aliphatic carbocycles. The zero-order valence-electron chi connectivity index (χ0n) is 11.2. The summed E-state index contributed by atoms with van der Waals surface area (Å²) >= 11 is 0. The van der Waals surface area contributed by atoms with Crippen molar-refractivity contribution in [1.82, 2.24) is 14.4 Å². The van der Waals surface area contributed by atoms with Crippen LogP contribution in [-0.4, -0.2) is 14.4 Å². The van der Waals surface area contributed by atoms with Crippen molar-refractivity contribution in [1.29, 1.82) is 0 Å². The molecule has 0 radical (unpaired) electrons. The summed E-state index contributed by atoms with van der Waals surface area (Å²) in [5, 5.41) is 0.686. The predicted octanol–water partition coefficient (Wildman–Crippen LogP) is 3.17. The average molecular weight is 282 g/mol. The molecule has 2 N–H and O–H groups in total. The Morgan fingerprint density at radius 2 is 2.14 bits per heavy atom. The standard InChI is InChI=1S/C15H11FN4O/c1-8-19-14(11-5-6-18-15(17)20(8)11)9-3-2-4-12-10(9)7-13(16)21-12/h2-7H,1H3,(H2,17,18). The molecule has 0 aliphatic heterocycles. The van der Waals surface area contributed by atoms with Crippen LogP contribution in [-0.2, 0) is 0 Å². The molecule has 0 saturated carbocycles. The van der Waals surface area contributed by atoms with Gasteiger partial charge in [0.05, 0.1) is 11.2 Å². The molecule has 5 nitrogen and oxygen atoms in total. The van der Waals surface area contributed by atoms with Gasteiger partial charge < -0.3 is 10.2 Å². The molecule has 0 amide bonds. The molecular formula is C15H11FN4O. The van der Waals surface area contributed by atoms with E-state index in [9.17, 15) is 4.39 Å². The molecule has 21 heavy (non-hydrogen) atoms. The van der Waals surface area contributed by atoms with Crippen LogP contribution in [0.25, 0.3) is 27.7 Å². The van der Waals surface area contributed by atoms with Gasteiger partial charge in [0.2, 0.25) is 5.95 Å². The lowest BCUT2D eigenvalue weighted by Crippen LogP contribution is -2.00. The van der Waals surface area contributed by atoms with Gasteiger partial charge in [-0.15, -0.1) is 0 Å². The Bertz CT molecular complexity index is 986. The summed E-state index contributed by atoms with van der Waals surface area (Å²) in [4.78, 5) is 8.62. The van der Waals surface area contributed by atoms with E-state index in [-0.39, 0.29) is 0 Å². The number of aromatic nitrogens is 3. The Labute approximate surface area is 118 Å². The van der Waals surface area contributed by atoms with Crippen LogP contribution in [0.1, 0.15) is 5.82 Å². The molecule has 0 atom stereocenters. The monoisotopic (exact) mass is 282 g/mol. The maximum Gasteiger partial charge on any atom is 0.278 e. The molecule has 0 fully saturated rings. The maximum atomic E-state index is 13.4. The van der Waals surface area contributed by atoms with E-state index < -0.39 is 6.01 Å². The first-order valence-corrected chi connectivity index (χ1v) is 6.43. The zero-order valence-corrected chi connectivity index (χ0v) is 11.2. The minimum absolute atomic E-state index is 0.370. The fourth-order valence-corrected chi connectivity index (χ4v) is 2.67. The van der Waals surface area contributed by atoms with Gasteiger partial charge in [-0.3, -0.25) is 4.40 Å². The van der Waals surface area contributed by atoms with Crippen molar-refractivity contribution in [2.24, 2.45) is 0 Å². The molecule has 0 bridgehead atoms. The van der Waals surface area contributed by atoms with Crippen molar-refractivity contribution in [3.8, 4) is 11.3 Å². The Balaban J connectivity index is 2.12. The summed E-state index contributed by atoms with van der Waals surface area (Å²) in [7, 11) is 0. The van der Waals surface area contributed by atoms with Gasteiger partial charge in [0.25, 0.3) is 6.01 Å². The highest BCUT2D eigenvalue weighted by Crippen LogP contribution is 2.33. The highest BCUT2D eigenvalue weighted by molar-refractivity contribution is 5.97. The molecule has 1 aromatic carbocycles. The number of nitrogens with two attached hydrogens (primary N) is 1.